The van der Waals surface area contributed by atoms with Gasteiger partial charge in [0.1, 0.15) is 0 Å². The van der Waals surface area contributed by atoms with Crippen molar-refractivity contribution in [3.63, 3.8) is 0 Å². The molecule has 1 aliphatic rings. The number of thiophene rings is 1. The van der Waals surface area contributed by atoms with Crippen LogP contribution in [-0.2, 0) is 19.9 Å². The molecule has 0 radical (unpaired) electrons. The number of nitrogens with zero attached hydrogens (tertiary/aromatic N) is 3. The molecule has 1 aliphatic heterocycles. The number of benzene rings is 2. The second kappa shape index (κ2) is 7.47. The highest BCUT2D eigenvalue weighted by Gasteiger charge is 2.34. The van der Waals surface area contributed by atoms with Crippen LogP contribution in [0.4, 0.5) is 0 Å². The summed E-state index contributed by atoms with van der Waals surface area (Å²) in [5.74, 6) is 0.0605. The number of hydrogen-bond acceptors (Lipinski definition) is 3. The summed E-state index contributed by atoms with van der Waals surface area (Å²) in [6.07, 6.45) is 3.46. The Morgan fingerprint density at radius 1 is 1.17 bits per heavy atom. The van der Waals surface area contributed by atoms with Crippen molar-refractivity contribution in [2.75, 3.05) is 6.54 Å². The van der Waals surface area contributed by atoms with Gasteiger partial charge < -0.3 is 9.47 Å². The minimum absolute atomic E-state index is 0.0604. The van der Waals surface area contributed by atoms with Crippen LogP contribution in [0, 0.1) is 11.3 Å². The van der Waals surface area contributed by atoms with Gasteiger partial charge in [0.15, 0.2) is 0 Å². The van der Waals surface area contributed by atoms with E-state index in [0.717, 1.165) is 28.5 Å². The third kappa shape index (κ3) is 3.01. The molecule has 0 saturated heterocycles. The van der Waals surface area contributed by atoms with Crippen LogP contribution < -0.4 is 0 Å². The summed E-state index contributed by atoms with van der Waals surface area (Å²) >= 11 is 1.71. The van der Waals surface area contributed by atoms with Crippen molar-refractivity contribution >= 4 is 28.1 Å². The van der Waals surface area contributed by atoms with Crippen LogP contribution in [0.25, 0.3) is 10.9 Å². The third-order valence-electron chi connectivity index (χ3n) is 6.02. The maximum Gasteiger partial charge on any atom is 0.256 e. The molecule has 5 heteroatoms. The molecule has 0 saturated carbocycles. The fourth-order valence-corrected chi connectivity index (χ4v) is 5.58. The number of amides is 1. The topological polar surface area (TPSA) is 49.0 Å². The Morgan fingerprint density at radius 2 is 1.97 bits per heavy atom. The molecular formula is C25H21N3OS. The van der Waals surface area contributed by atoms with Crippen molar-refractivity contribution in [1.29, 1.82) is 5.26 Å². The predicted molar refractivity (Wildman–Crippen MR) is 120 cm³/mol. The van der Waals surface area contributed by atoms with E-state index in [-0.39, 0.29) is 11.9 Å². The summed E-state index contributed by atoms with van der Waals surface area (Å²) in [7, 11) is 1.98. The molecule has 4 nitrogen and oxygen atoms in total. The van der Waals surface area contributed by atoms with E-state index in [9.17, 15) is 10.1 Å². The highest BCUT2D eigenvalue weighted by Crippen LogP contribution is 2.38. The zero-order chi connectivity index (χ0) is 20.7. The van der Waals surface area contributed by atoms with E-state index >= 15 is 0 Å². The lowest BCUT2D eigenvalue weighted by Crippen LogP contribution is -2.40. The smallest absolute Gasteiger partial charge is 0.256 e. The molecule has 0 bridgehead atoms. The predicted octanol–water partition coefficient (Wildman–Crippen LogP) is 5.09. The molecule has 2 aromatic heterocycles. The average molecular weight is 412 g/mol. The summed E-state index contributed by atoms with van der Waals surface area (Å²) < 4.78 is 2.02. The van der Waals surface area contributed by atoms with Gasteiger partial charge in [0.25, 0.3) is 5.91 Å². The maximum atomic E-state index is 13.8. The molecule has 0 spiro atoms. The summed E-state index contributed by atoms with van der Waals surface area (Å²) in [6.45, 7) is 0.686. The second-order valence-corrected chi connectivity index (χ2v) is 8.67. The van der Waals surface area contributed by atoms with Crippen LogP contribution in [0.2, 0.25) is 0 Å². The molecule has 0 N–H and O–H groups in total. The number of para-hydroxylation sites is 1. The van der Waals surface area contributed by atoms with Crippen molar-refractivity contribution in [3.8, 4) is 6.07 Å². The summed E-state index contributed by atoms with van der Waals surface area (Å²) in [6, 6.07) is 20.2. The first kappa shape index (κ1) is 18.7. The maximum absolute atomic E-state index is 13.8. The van der Waals surface area contributed by atoms with Gasteiger partial charge in [-0.15, -0.1) is 11.3 Å². The van der Waals surface area contributed by atoms with Gasteiger partial charge in [0.05, 0.1) is 23.2 Å². The Bertz CT molecular complexity index is 1290. The van der Waals surface area contributed by atoms with E-state index in [2.05, 4.69) is 17.5 Å². The van der Waals surface area contributed by atoms with Crippen molar-refractivity contribution < 1.29 is 4.79 Å². The molecule has 2 aromatic carbocycles. The van der Waals surface area contributed by atoms with Crippen molar-refractivity contribution in [1.82, 2.24) is 9.47 Å². The molecule has 30 heavy (non-hydrogen) atoms. The number of fused-ring (bicyclic) bond motifs is 2. The van der Waals surface area contributed by atoms with E-state index in [4.69, 9.17) is 0 Å². The molecule has 0 aliphatic carbocycles. The molecule has 1 atom stereocenters. The van der Waals surface area contributed by atoms with Gasteiger partial charge in [-0.25, -0.2) is 0 Å². The Morgan fingerprint density at radius 3 is 2.83 bits per heavy atom. The molecule has 0 fully saturated rings. The molecule has 5 rings (SSSR count). The normalized spacial score (nSPS) is 15.7. The van der Waals surface area contributed by atoms with Gasteiger partial charge in [0.2, 0.25) is 0 Å². The summed E-state index contributed by atoms with van der Waals surface area (Å²) in [5.41, 5.74) is 4.79. The van der Waals surface area contributed by atoms with E-state index in [1.54, 1.807) is 11.3 Å². The SMILES string of the molecule is Cn1cc(C(=O)N2CCc3ccsc3C2Cc2ccccc2C#N)c2ccccc21. The van der Waals surface area contributed by atoms with Gasteiger partial charge in [-0.2, -0.15) is 5.26 Å². The third-order valence-corrected chi connectivity index (χ3v) is 7.08. The zero-order valence-corrected chi connectivity index (χ0v) is 17.5. The van der Waals surface area contributed by atoms with Crippen LogP contribution >= 0.6 is 11.3 Å². The molecule has 1 unspecified atom stereocenters. The van der Waals surface area contributed by atoms with Gasteiger partial charge in [-0.05, 0) is 47.5 Å². The van der Waals surface area contributed by atoms with E-state index in [1.165, 1.54) is 10.4 Å². The minimum atomic E-state index is -0.0604. The average Bonchev–Trinajstić information content (AvgIpc) is 3.39. The standard InChI is InChI=1S/C25H21N3OS/c1-27-16-21(20-8-4-5-9-22(20)27)25(29)28-12-10-17-11-13-30-24(17)23(28)14-18-6-2-3-7-19(18)15-26/h2-9,11,13,16,23H,10,12,14H2,1H3. The van der Waals surface area contributed by atoms with Crippen LogP contribution in [0.5, 0.6) is 0 Å². The van der Waals surface area contributed by atoms with E-state index < -0.39 is 0 Å². The Kier molecular flexibility index (Phi) is 4.65. The number of aromatic nitrogens is 1. The summed E-state index contributed by atoms with van der Waals surface area (Å²) in [5, 5.41) is 12.6. The molecule has 4 aromatic rings. The van der Waals surface area contributed by atoms with Crippen LogP contribution in [0.15, 0.2) is 66.2 Å². The van der Waals surface area contributed by atoms with Crippen LogP contribution in [-0.4, -0.2) is 21.9 Å². The zero-order valence-electron chi connectivity index (χ0n) is 16.7. The van der Waals surface area contributed by atoms with Gasteiger partial charge in [0, 0.05) is 35.6 Å². The Balaban J connectivity index is 1.57. The second-order valence-electron chi connectivity index (χ2n) is 7.72. The lowest BCUT2D eigenvalue weighted by atomic mass is 9.93. The number of hydrogen-bond donors (Lipinski definition) is 0. The minimum Gasteiger partial charge on any atom is -0.350 e. The number of carbonyl (C=O) groups is 1. The van der Waals surface area contributed by atoms with Crippen LogP contribution in [0.3, 0.4) is 0 Å². The lowest BCUT2D eigenvalue weighted by Gasteiger charge is -2.36. The number of carbonyl (C=O) groups excluding carboxylic acids is 1. The Labute approximate surface area is 179 Å². The molecule has 1 amide bonds. The molecule has 148 valence electrons. The first-order valence-electron chi connectivity index (χ1n) is 10.1. The summed E-state index contributed by atoms with van der Waals surface area (Å²) in [4.78, 5) is 17.0. The molecule has 3 heterocycles. The highest BCUT2D eigenvalue weighted by atomic mass is 32.1. The number of aryl methyl sites for hydroxylation is 1. The number of rotatable bonds is 3. The largest absolute Gasteiger partial charge is 0.350 e. The monoisotopic (exact) mass is 411 g/mol. The Hall–Kier alpha value is -3.36. The highest BCUT2D eigenvalue weighted by molar-refractivity contribution is 7.10. The fraction of sp³-hybridized carbons (Fsp3) is 0.200. The van der Waals surface area contributed by atoms with E-state index in [0.29, 0.717) is 18.5 Å². The van der Waals surface area contributed by atoms with Crippen molar-refractivity contribution in [2.45, 2.75) is 18.9 Å². The van der Waals surface area contributed by atoms with Crippen molar-refractivity contribution in [2.24, 2.45) is 7.05 Å². The quantitative estimate of drug-likeness (QED) is 0.471. The van der Waals surface area contributed by atoms with Crippen LogP contribution in [0.1, 0.15) is 38.0 Å². The first-order valence-corrected chi connectivity index (χ1v) is 10.9. The first-order chi connectivity index (χ1) is 14.7. The van der Waals surface area contributed by atoms with Gasteiger partial charge in [-0.3, -0.25) is 4.79 Å². The van der Waals surface area contributed by atoms with Gasteiger partial charge in [-0.1, -0.05) is 36.4 Å². The fourth-order valence-electron chi connectivity index (χ4n) is 4.51. The molecular weight excluding hydrogens is 390 g/mol. The lowest BCUT2D eigenvalue weighted by molar-refractivity contribution is 0.0666. The van der Waals surface area contributed by atoms with E-state index in [1.807, 2.05) is 71.2 Å². The number of nitriles is 1. The van der Waals surface area contributed by atoms with Gasteiger partial charge >= 0.3 is 0 Å². The van der Waals surface area contributed by atoms with Crippen molar-refractivity contribution in [3.05, 3.63) is 93.3 Å².